The molecule has 2 aromatic rings. The van der Waals surface area contributed by atoms with Crippen molar-refractivity contribution in [3.05, 3.63) is 70.1 Å². The van der Waals surface area contributed by atoms with Crippen LogP contribution >= 0.6 is 11.8 Å². The number of aryl methyl sites for hydroxylation is 1. The van der Waals surface area contributed by atoms with Crippen LogP contribution in [-0.4, -0.2) is 22.5 Å². The van der Waals surface area contributed by atoms with Gasteiger partial charge in [-0.2, -0.15) is 0 Å². The Morgan fingerprint density at radius 1 is 1.20 bits per heavy atom. The fourth-order valence-corrected chi connectivity index (χ4v) is 3.41. The molecule has 0 spiro atoms. The number of hydrogen-bond acceptors (Lipinski definition) is 4. The van der Waals surface area contributed by atoms with Gasteiger partial charge < -0.3 is 15.7 Å². The predicted molar refractivity (Wildman–Crippen MR) is 100 cm³/mol. The molecule has 1 aliphatic rings. The van der Waals surface area contributed by atoms with Gasteiger partial charge >= 0.3 is 5.97 Å². The number of carboxylic acid groups (broad SMARTS) is 1. The van der Waals surface area contributed by atoms with E-state index in [2.05, 4.69) is 29.7 Å². The molecule has 1 heterocycles. The summed E-state index contributed by atoms with van der Waals surface area (Å²) >= 11 is 1.40. The van der Waals surface area contributed by atoms with Gasteiger partial charge in [0, 0.05) is 5.69 Å². The van der Waals surface area contributed by atoms with Crippen molar-refractivity contribution < 1.29 is 14.7 Å². The maximum absolute atomic E-state index is 12.1. The van der Waals surface area contributed by atoms with Crippen LogP contribution < -0.4 is 10.6 Å². The Hall–Kier alpha value is -2.73. The zero-order valence-electron chi connectivity index (χ0n) is 13.7. The van der Waals surface area contributed by atoms with Gasteiger partial charge in [-0.15, -0.1) is 0 Å². The van der Waals surface area contributed by atoms with Gasteiger partial charge in [-0.1, -0.05) is 43.0 Å². The maximum Gasteiger partial charge on any atom is 0.335 e. The highest BCUT2D eigenvalue weighted by atomic mass is 32.2. The van der Waals surface area contributed by atoms with Crippen LogP contribution in [0.15, 0.2) is 53.4 Å². The number of aromatic carboxylic acids is 1. The lowest BCUT2D eigenvalue weighted by Gasteiger charge is -2.12. The van der Waals surface area contributed by atoms with Gasteiger partial charge in [-0.3, -0.25) is 4.79 Å². The lowest BCUT2D eigenvalue weighted by Crippen LogP contribution is -2.30. The van der Waals surface area contributed by atoms with Crippen LogP contribution in [0.3, 0.4) is 0 Å². The van der Waals surface area contributed by atoms with E-state index in [9.17, 15) is 9.59 Å². The van der Waals surface area contributed by atoms with Crippen molar-refractivity contribution in [1.29, 1.82) is 0 Å². The van der Waals surface area contributed by atoms with Crippen LogP contribution in [0.5, 0.6) is 0 Å². The first-order chi connectivity index (χ1) is 12.0. The summed E-state index contributed by atoms with van der Waals surface area (Å²) in [5.41, 5.74) is 2.99. The van der Waals surface area contributed by atoms with Gasteiger partial charge in [-0.05, 0) is 47.9 Å². The zero-order chi connectivity index (χ0) is 17.8. The topological polar surface area (TPSA) is 78.4 Å². The largest absolute Gasteiger partial charge is 0.478 e. The first kappa shape index (κ1) is 17.1. The van der Waals surface area contributed by atoms with Gasteiger partial charge in [0.25, 0.3) is 5.91 Å². The lowest BCUT2D eigenvalue weighted by atomic mass is 10.1. The smallest absolute Gasteiger partial charge is 0.335 e. The number of carbonyl (C=O) groups is 2. The summed E-state index contributed by atoms with van der Waals surface area (Å²) in [7, 11) is 0. The molecule has 5 nitrogen and oxygen atoms in total. The van der Waals surface area contributed by atoms with Gasteiger partial charge in [0.1, 0.15) is 0 Å². The molecule has 1 saturated heterocycles. The number of carbonyl (C=O) groups excluding carboxylic acids is 1. The second-order valence-electron chi connectivity index (χ2n) is 5.60. The first-order valence-corrected chi connectivity index (χ1v) is 8.81. The van der Waals surface area contributed by atoms with Crippen molar-refractivity contribution in [3.63, 3.8) is 0 Å². The van der Waals surface area contributed by atoms with Crippen molar-refractivity contribution >= 4 is 35.4 Å². The second kappa shape index (κ2) is 7.44. The zero-order valence-corrected chi connectivity index (χ0v) is 14.5. The van der Waals surface area contributed by atoms with E-state index in [1.54, 1.807) is 18.2 Å². The molecule has 0 unspecified atom stereocenters. The molecule has 2 aromatic carbocycles. The van der Waals surface area contributed by atoms with Crippen molar-refractivity contribution in [1.82, 2.24) is 5.32 Å². The van der Waals surface area contributed by atoms with Gasteiger partial charge in [-0.25, -0.2) is 4.79 Å². The normalized spacial score (nSPS) is 18.2. The highest BCUT2D eigenvalue weighted by Gasteiger charge is 2.27. The number of amides is 1. The average molecular weight is 354 g/mol. The van der Waals surface area contributed by atoms with Crippen molar-refractivity contribution in [3.8, 4) is 0 Å². The minimum absolute atomic E-state index is 0.144. The number of hydrogen-bond donors (Lipinski definition) is 3. The molecule has 3 N–H and O–H groups in total. The second-order valence-corrected chi connectivity index (χ2v) is 6.75. The third-order valence-electron chi connectivity index (χ3n) is 3.85. The molecule has 3 rings (SSSR count). The summed E-state index contributed by atoms with van der Waals surface area (Å²) in [5.74, 6) is -1.11. The maximum atomic E-state index is 12.1. The standard InChI is InChI=1S/C19H18N2O3S/c1-2-12-5-9-15(10-6-12)20-19-21-17(22)16(25-19)11-13-3-7-14(8-4-13)18(23)24/h3-11,19-20H,2H2,1H3,(H,21,22)(H,23,24)/b16-11-/t19-/m1/s1. The molecule has 0 aliphatic carbocycles. The number of thioether (sulfide) groups is 1. The highest BCUT2D eigenvalue weighted by Crippen LogP contribution is 2.30. The molecule has 0 aromatic heterocycles. The summed E-state index contributed by atoms with van der Waals surface area (Å²) < 4.78 is 0. The lowest BCUT2D eigenvalue weighted by molar-refractivity contribution is -0.116. The molecule has 1 fully saturated rings. The molecule has 1 atom stereocenters. The number of nitrogens with one attached hydrogen (secondary N) is 2. The van der Waals surface area contributed by atoms with Crippen LogP contribution in [0.2, 0.25) is 0 Å². The molecule has 0 saturated carbocycles. The number of anilines is 1. The van der Waals surface area contributed by atoms with E-state index >= 15 is 0 Å². The Morgan fingerprint density at radius 2 is 1.88 bits per heavy atom. The summed E-state index contributed by atoms with van der Waals surface area (Å²) in [6.45, 7) is 2.11. The molecule has 1 amide bonds. The Kier molecular flexibility index (Phi) is 5.09. The van der Waals surface area contributed by atoms with Crippen LogP contribution in [-0.2, 0) is 11.2 Å². The average Bonchev–Trinajstić information content (AvgIpc) is 2.95. The van der Waals surface area contributed by atoms with E-state index in [-0.39, 0.29) is 17.0 Å². The SMILES string of the molecule is CCc1ccc(N[C@@H]2NC(=O)/C(=C/c3ccc(C(=O)O)cc3)S2)cc1. The highest BCUT2D eigenvalue weighted by molar-refractivity contribution is 8.05. The minimum Gasteiger partial charge on any atom is -0.478 e. The molecule has 25 heavy (non-hydrogen) atoms. The van der Waals surface area contributed by atoms with Gasteiger partial charge in [0.05, 0.1) is 10.5 Å². The van der Waals surface area contributed by atoms with Crippen LogP contribution in [0.1, 0.15) is 28.4 Å². The molecule has 6 heteroatoms. The third kappa shape index (κ3) is 4.22. The summed E-state index contributed by atoms with van der Waals surface area (Å²) in [6.07, 6.45) is 2.75. The van der Waals surface area contributed by atoms with Gasteiger partial charge in [0.2, 0.25) is 0 Å². The molecule has 128 valence electrons. The molecular formula is C19H18N2O3S. The van der Waals surface area contributed by atoms with Gasteiger partial charge in [0.15, 0.2) is 5.50 Å². The summed E-state index contributed by atoms with van der Waals surface area (Å²) in [5, 5.41) is 15.1. The fourth-order valence-electron chi connectivity index (χ4n) is 2.43. The third-order valence-corrected chi connectivity index (χ3v) is 4.87. The predicted octanol–water partition coefficient (Wildman–Crippen LogP) is 3.55. The Labute approximate surface area is 150 Å². The van der Waals surface area contributed by atoms with Crippen LogP contribution in [0, 0.1) is 0 Å². The van der Waals surface area contributed by atoms with E-state index < -0.39 is 5.97 Å². The molecule has 0 bridgehead atoms. The number of benzene rings is 2. The van der Waals surface area contributed by atoms with E-state index in [1.807, 2.05) is 12.1 Å². The summed E-state index contributed by atoms with van der Waals surface area (Å²) in [4.78, 5) is 23.6. The number of carboxylic acids is 1. The van der Waals surface area contributed by atoms with Crippen LogP contribution in [0.25, 0.3) is 6.08 Å². The van der Waals surface area contributed by atoms with Crippen molar-refractivity contribution in [2.75, 3.05) is 5.32 Å². The van der Waals surface area contributed by atoms with Crippen molar-refractivity contribution in [2.45, 2.75) is 18.8 Å². The monoisotopic (exact) mass is 354 g/mol. The fraction of sp³-hybridized carbons (Fsp3) is 0.158. The minimum atomic E-state index is -0.967. The molecule has 1 aliphatic heterocycles. The van der Waals surface area contributed by atoms with E-state index in [4.69, 9.17) is 5.11 Å². The quantitative estimate of drug-likeness (QED) is 0.716. The number of rotatable bonds is 5. The Morgan fingerprint density at radius 3 is 2.48 bits per heavy atom. The molecular weight excluding hydrogens is 336 g/mol. The summed E-state index contributed by atoms with van der Waals surface area (Å²) in [6, 6.07) is 14.5. The Bertz CT molecular complexity index is 814. The molecule has 0 radical (unpaired) electrons. The van der Waals surface area contributed by atoms with E-state index in [0.717, 1.165) is 17.7 Å². The van der Waals surface area contributed by atoms with Crippen LogP contribution in [0.4, 0.5) is 5.69 Å². The van der Waals surface area contributed by atoms with E-state index in [0.29, 0.717) is 4.91 Å². The van der Waals surface area contributed by atoms with Crippen molar-refractivity contribution in [2.24, 2.45) is 0 Å². The first-order valence-electron chi connectivity index (χ1n) is 7.93. The Balaban J connectivity index is 1.67. The van der Waals surface area contributed by atoms with E-state index in [1.165, 1.54) is 29.5 Å².